The van der Waals surface area contributed by atoms with Crippen LogP contribution in [0.25, 0.3) is 10.2 Å². The number of aromatic nitrogens is 1. The topological polar surface area (TPSA) is 38.9 Å². The standard InChI is InChI=1S/C17H15Cl2N3OS/c1-3-23-13-6-7-15-16(9-13)24-17(22(15)2)21-20-10-11-4-5-12(18)8-14(11)19/h4-10H,3H2,1-2H3. The molecule has 1 aromatic heterocycles. The Morgan fingerprint density at radius 2 is 2.04 bits per heavy atom. The van der Waals surface area contributed by atoms with E-state index >= 15 is 0 Å². The molecule has 0 atom stereocenters. The number of hydrogen-bond donors (Lipinski definition) is 0. The van der Waals surface area contributed by atoms with E-state index in [1.807, 2.05) is 42.8 Å². The summed E-state index contributed by atoms with van der Waals surface area (Å²) in [6, 6.07) is 11.3. The van der Waals surface area contributed by atoms with Crippen molar-refractivity contribution in [2.75, 3.05) is 6.61 Å². The van der Waals surface area contributed by atoms with E-state index in [0.717, 1.165) is 26.3 Å². The van der Waals surface area contributed by atoms with Crippen LogP contribution in [0.1, 0.15) is 12.5 Å². The van der Waals surface area contributed by atoms with Crippen molar-refractivity contribution in [3.63, 3.8) is 0 Å². The number of nitrogens with zero attached hydrogens (tertiary/aromatic N) is 3. The van der Waals surface area contributed by atoms with Gasteiger partial charge in [-0.15, -0.1) is 5.10 Å². The van der Waals surface area contributed by atoms with Gasteiger partial charge in [0.15, 0.2) is 0 Å². The van der Waals surface area contributed by atoms with Gasteiger partial charge in [-0.25, -0.2) is 0 Å². The van der Waals surface area contributed by atoms with Crippen molar-refractivity contribution in [3.8, 4) is 5.75 Å². The van der Waals surface area contributed by atoms with Gasteiger partial charge in [0, 0.05) is 17.6 Å². The molecule has 0 unspecified atom stereocenters. The van der Waals surface area contributed by atoms with Gasteiger partial charge in [-0.2, -0.15) is 5.10 Å². The normalized spacial score (nSPS) is 12.4. The molecular weight excluding hydrogens is 365 g/mol. The molecule has 0 amide bonds. The lowest BCUT2D eigenvalue weighted by Gasteiger charge is -2.02. The zero-order valence-corrected chi connectivity index (χ0v) is 15.5. The number of ether oxygens (including phenoxy) is 1. The van der Waals surface area contributed by atoms with Crippen LogP contribution in [0.2, 0.25) is 10.0 Å². The zero-order chi connectivity index (χ0) is 17.1. The first-order chi connectivity index (χ1) is 11.6. The minimum absolute atomic E-state index is 0.545. The third-order valence-corrected chi connectivity index (χ3v) is 5.04. The lowest BCUT2D eigenvalue weighted by Crippen LogP contribution is -2.08. The van der Waals surface area contributed by atoms with E-state index in [0.29, 0.717) is 16.7 Å². The largest absolute Gasteiger partial charge is 0.494 e. The van der Waals surface area contributed by atoms with Crippen LogP contribution in [0.3, 0.4) is 0 Å². The number of aryl methyl sites for hydroxylation is 1. The molecule has 0 bridgehead atoms. The van der Waals surface area contributed by atoms with Gasteiger partial charge in [-0.1, -0.05) is 40.6 Å². The molecule has 3 aromatic rings. The van der Waals surface area contributed by atoms with Crippen LogP contribution in [-0.2, 0) is 7.05 Å². The van der Waals surface area contributed by atoms with E-state index in [4.69, 9.17) is 27.9 Å². The van der Waals surface area contributed by atoms with Crippen molar-refractivity contribution in [1.29, 1.82) is 0 Å². The van der Waals surface area contributed by atoms with Crippen molar-refractivity contribution >= 4 is 51.0 Å². The Balaban J connectivity index is 1.94. The van der Waals surface area contributed by atoms with Gasteiger partial charge in [0.2, 0.25) is 4.80 Å². The number of fused-ring (bicyclic) bond motifs is 1. The van der Waals surface area contributed by atoms with Crippen LogP contribution < -0.4 is 9.54 Å². The number of halogens is 2. The summed E-state index contributed by atoms with van der Waals surface area (Å²) in [6.07, 6.45) is 1.62. The maximum Gasteiger partial charge on any atom is 0.211 e. The molecule has 3 rings (SSSR count). The van der Waals surface area contributed by atoms with Crippen LogP contribution in [-0.4, -0.2) is 17.4 Å². The van der Waals surface area contributed by atoms with Gasteiger partial charge >= 0.3 is 0 Å². The average molecular weight is 380 g/mol. The Hall–Kier alpha value is -1.82. The molecule has 0 radical (unpaired) electrons. The van der Waals surface area contributed by atoms with Gasteiger partial charge < -0.3 is 9.30 Å². The molecule has 0 N–H and O–H groups in total. The predicted octanol–water partition coefficient (Wildman–Crippen LogP) is 4.88. The number of hydrogen-bond acceptors (Lipinski definition) is 4. The summed E-state index contributed by atoms with van der Waals surface area (Å²) in [5.74, 6) is 0.856. The molecule has 7 heteroatoms. The lowest BCUT2D eigenvalue weighted by molar-refractivity contribution is 0.341. The molecule has 124 valence electrons. The highest BCUT2D eigenvalue weighted by Crippen LogP contribution is 2.23. The number of rotatable bonds is 4. The van der Waals surface area contributed by atoms with Crippen LogP contribution in [0, 0.1) is 0 Å². The smallest absolute Gasteiger partial charge is 0.211 e. The van der Waals surface area contributed by atoms with E-state index in [2.05, 4.69) is 10.2 Å². The highest BCUT2D eigenvalue weighted by Gasteiger charge is 2.04. The summed E-state index contributed by atoms with van der Waals surface area (Å²) in [5, 5.41) is 9.58. The molecule has 0 fully saturated rings. The van der Waals surface area contributed by atoms with E-state index in [1.165, 1.54) is 0 Å². The molecule has 0 spiro atoms. The minimum atomic E-state index is 0.545. The monoisotopic (exact) mass is 379 g/mol. The van der Waals surface area contributed by atoms with Gasteiger partial charge in [-0.05, 0) is 37.3 Å². The summed E-state index contributed by atoms with van der Waals surface area (Å²) in [6.45, 7) is 2.61. The highest BCUT2D eigenvalue weighted by molar-refractivity contribution is 7.16. The fraction of sp³-hybridized carbons (Fsp3) is 0.176. The summed E-state index contributed by atoms with van der Waals surface area (Å²) in [7, 11) is 1.96. The summed E-state index contributed by atoms with van der Waals surface area (Å²) < 4.78 is 8.63. The lowest BCUT2D eigenvalue weighted by atomic mass is 10.2. The molecule has 0 saturated heterocycles. The van der Waals surface area contributed by atoms with Crippen LogP contribution >= 0.6 is 34.5 Å². The molecule has 4 nitrogen and oxygen atoms in total. The molecular formula is C17H15Cl2N3OS. The van der Waals surface area contributed by atoms with E-state index in [9.17, 15) is 0 Å². The molecule has 0 aliphatic heterocycles. The first-order valence-corrected chi connectivity index (χ1v) is 8.90. The first-order valence-electron chi connectivity index (χ1n) is 7.33. The first kappa shape index (κ1) is 17.0. The molecule has 1 heterocycles. The Morgan fingerprint density at radius 3 is 2.79 bits per heavy atom. The highest BCUT2D eigenvalue weighted by atomic mass is 35.5. The van der Waals surface area contributed by atoms with Crippen molar-refractivity contribution in [2.45, 2.75) is 6.92 Å². The number of benzene rings is 2. The van der Waals surface area contributed by atoms with Gasteiger partial charge in [0.1, 0.15) is 5.75 Å². The maximum atomic E-state index is 6.12. The maximum absolute atomic E-state index is 6.12. The Morgan fingerprint density at radius 1 is 1.21 bits per heavy atom. The van der Waals surface area contributed by atoms with Gasteiger partial charge in [0.05, 0.1) is 28.1 Å². The average Bonchev–Trinajstić information content (AvgIpc) is 2.86. The quantitative estimate of drug-likeness (QED) is 0.470. The zero-order valence-electron chi connectivity index (χ0n) is 13.2. The number of thiazole rings is 1. The Labute approximate surface area is 153 Å². The SMILES string of the molecule is CCOc1ccc2c(c1)sc(=NN=Cc1ccc(Cl)cc1Cl)n2C. The van der Waals surface area contributed by atoms with E-state index in [-0.39, 0.29) is 0 Å². The summed E-state index contributed by atoms with van der Waals surface area (Å²) in [4.78, 5) is 0.792. The Kier molecular flexibility index (Phi) is 5.23. The second-order valence-electron chi connectivity index (χ2n) is 5.02. The minimum Gasteiger partial charge on any atom is -0.494 e. The van der Waals surface area contributed by atoms with E-state index < -0.39 is 0 Å². The van der Waals surface area contributed by atoms with Crippen molar-refractivity contribution in [3.05, 3.63) is 56.8 Å². The molecule has 0 aliphatic rings. The molecule has 0 aliphatic carbocycles. The van der Waals surface area contributed by atoms with Gasteiger partial charge in [-0.3, -0.25) is 0 Å². The summed E-state index contributed by atoms with van der Waals surface area (Å²) >= 11 is 13.6. The van der Waals surface area contributed by atoms with Crippen molar-refractivity contribution in [1.82, 2.24) is 4.57 Å². The van der Waals surface area contributed by atoms with Crippen LogP contribution in [0.5, 0.6) is 5.75 Å². The molecule has 2 aromatic carbocycles. The van der Waals surface area contributed by atoms with Crippen LogP contribution in [0.15, 0.2) is 46.6 Å². The summed E-state index contributed by atoms with van der Waals surface area (Å²) in [5.41, 5.74) is 1.86. The fourth-order valence-corrected chi connectivity index (χ4v) is 3.68. The fourth-order valence-electron chi connectivity index (χ4n) is 2.21. The predicted molar refractivity (Wildman–Crippen MR) is 102 cm³/mol. The van der Waals surface area contributed by atoms with Crippen molar-refractivity contribution in [2.24, 2.45) is 17.3 Å². The second kappa shape index (κ2) is 7.38. The second-order valence-corrected chi connectivity index (χ2v) is 6.87. The third-order valence-electron chi connectivity index (χ3n) is 3.39. The van der Waals surface area contributed by atoms with Crippen molar-refractivity contribution < 1.29 is 4.74 Å². The third kappa shape index (κ3) is 3.64. The Bertz CT molecular complexity index is 976. The molecule has 0 saturated carbocycles. The van der Waals surface area contributed by atoms with Crippen LogP contribution in [0.4, 0.5) is 0 Å². The van der Waals surface area contributed by atoms with Gasteiger partial charge in [0.25, 0.3) is 0 Å². The molecule has 24 heavy (non-hydrogen) atoms. The van der Waals surface area contributed by atoms with E-state index in [1.54, 1.807) is 29.7 Å².